The number of hydrogen-bond acceptors (Lipinski definition) is 4. The van der Waals surface area contributed by atoms with E-state index in [1.165, 1.54) is 0 Å². The molecule has 2 aromatic rings. The standard InChI is InChI=1S/C22H25ClN2O4/c1-22(2,3)29-21(28)24-18(13-16-9-11-17(23)12-10-16)20(27)25-19(26)14-15-7-5-4-6-8-15/h4-12,18H,13-14H2,1-3H3,(H,24,28)(H,25,26,27). The summed E-state index contributed by atoms with van der Waals surface area (Å²) in [6.07, 6.45) is -0.491. The van der Waals surface area contributed by atoms with E-state index >= 15 is 0 Å². The summed E-state index contributed by atoms with van der Waals surface area (Å²) in [5.74, 6) is -1.06. The molecule has 0 saturated heterocycles. The lowest BCUT2D eigenvalue weighted by Crippen LogP contribution is -2.50. The van der Waals surface area contributed by atoms with Gasteiger partial charge in [-0.05, 0) is 44.0 Å². The first-order valence-corrected chi connectivity index (χ1v) is 9.62. The third-order valence-corrected chi connectivity index (χ3v) is 4.08. The van der Waals surface area contributed by atoms with Crippen LogP contribution < -0.4 is 10.6 Å². The maximum Gasteiger partial charge on any atom is 0.408 e. The second-order valence-electron chi connectivity index (χ2n) is 7.60. The number of nitrogens with one attached hydrogen (secondary N) is 2. The van der Waals surface area contributed by atoms with Crippen molar-refractivity contribution in [3.63, 3.8) is 0 Å². The molecule has 0 aromatic heterocycles. The van der Waals surface area contributed by atoms with Gasteiger partial charge in [0.1, 0.15) is 11.6 Å². The van der Waals surface area contributed by atoms with Gasteiger partial charge in [0.15, 0.2) is 0 Å². The van der Waals surface area contributed by atoms with Crippen LogP contribution in [0, 0.1) is 0 Å². The Kier molecular flexibility index (Phi) is 7.79. The smallest absolute Gasteiger partial charge is 0.408 e. The Labute approximate surface area is 175 Å². The Hall–Kier alpha value is -2.86. The highest BCUT2D eigenvalue weighted by atomic mass is 35.5. The van der Waals surface area contributed by atoms with Gasteiger partial charge < -0.3 is 10.1 Å². The molecule has 0 aliphatic rings. The number of hydrogen-bond donors (Lipinski definition) is 2. The molecule has 2 N–H and O–H groups in total. The number of imide groups is 1. The molecule has 154 valence electrons. The summed E-state index contributed by atoms with van der Waals surface area (Å²) in [5, 5.41) is 5.46. The van der Waals surface area contributed by atoms with Crippen molar-refractivity contribution in [3.8, 4) is 0 Å². The first-order chi connectivity index (χ1) is 13.6. The van der Waals surface area contributed by atoms with E-state index in [-0.39, 0.29) is 12.8 Å². The van der Waals surface area contributed by atoms with Crippen LogP contribution in [0.2, 0.25) is 5.02 Å². The predicted molar refractivity (Wildman–Crippen MR) is 112 cm³/mol. The first-order valence-electron chi connectivity index (χ1n) is 9.24. The average Bonchev–Trinajstić information content (AvgIpc) is 2.62. The molecule has 1 unspecified atom stereocenters. The lowest BCUT2D eigenvalue weighted by Gasteiger charge is -2.23. The number of amides is 3. The third kappa shape index (κ3) is 8.35. The minimum Gasteiger partial charge on any atom is -0.444 e. The minimum absolute atomic E-state index is 0.0622. The highest BCUT2D eigenvalue weighted by Crippen LogP contribution is 2.12. The van der Waals surface area contributed by atoms with Crippen LogP contribution in [0.4, 0.5) is 4.79 Å². The van der Waals surface area contributed by atoms with Crippen LogP contribution in [0.5, 0.6) is 0 Å². The van der Waals surface area contributed by atoms with Crippen LogP contribution in [0.1, 0.15) is 31.9 Å². The number of halogens is 1. The molecule has 6 nitrogen and oxygen atoms in total. The normalized spacial score (nSPS) is 12.0. The maximum absolute atomic E-state index is 12.7. The van der Waals surface area contributed by atoms with Gasteiger partial charge in [-0.2, -0.15) is 0 Å². The fourth-order valence-corrected chi connectivity index (χ4v) is 2.69. The maximum atomic E-state index is 12.7. The molecule has 0 aliphatic heterocycles. The molecule has 29 heavy (non-hydrogen) atoms. The molecule has 0 aliphatic carbocycles. The largest absolute Gasteiger partial charge is 0.444 e. The Balaban J connectivity index is 2.07. The van der Waals surface area contributed by atoms with E-state index in [0.29, 0.717) is 5.02 Å². The van der Waals surface area contributed by atoms with E-state index in [1.54, 1.807) is 57.2 Å². The molecule has 0 heterocycles. The predicted octanol–water partition coefficient (Wildman–Crippen LogP) is 3.66. The van der Waals surface area contributed by atoms with Gasteiger partial charge in [-0.15, -0.1) is 0 Å². The highest BCUT2D eigenvalue weighted by Gasteiger charge is 2.26. The molecular weight excluding hydrogens is 392 g/mol. The molecule has 2 aromatic carbocycles. The molecule has 0 spiro atoms. The summed E-state index contributed by atoms with van der Waals surface area (Å²) < 4.78 is 5.24. The van der Waals surface area contributed by atoms with Crippen molar-refractivity contribution in [2.45, 2.75) is 45.3 Å². The van der Waals surface area contributed by atoms with Crippen molar-refractivity contribution in [2.24, 2.45) is 0 Å². The van der Waals surface area contributed by atoms with Crippen LogP contribution in [-0.2, 0) is 27.2 Å². The molecular formula is C22H25ClN2O4. The molecule has 1 atom stereocenters. The van der Waals surface area contributed by atoms with Gasteiger partial charge in [0, 0.05) is 11.4 Å². The Bertz CT molecular complexity index is 845. The SMILES string of the molecule is CC(C)(C)OC(=O)NC(Cc1ccc(Cl)cc1)C(=O)NC(=O)Cc1ccccc1. The average molecular weight is 417 g/mol. The lowest BCUT2D eigenvalue weighted by molar-refractivity contribution is -0.131. The number of alkyl carbamates (subject to hydrolysis) is 1. The molecule has 0 bridgehead atoms. The van der Waals surface area contributed by atoms with Crippen molar-refractivity contribution in [2.75, 3.05) is 0 Å². The number of carbonyl (C=O) groups is 3. The van der Waals surface area contributed by atoms with Crippen LogP contribution >= 0.6 is 11.6 Å². The summed E-state index contributed by atoms with van der Waals surface area (Å²) in [4.78, 5) is 37.1. The fourth-order valence-electron chi connectivity index (χ4n) is 2.57. The van der Waals surface area contributed by atoms with E-state index in [9.17, 15) is 14.4 Å². The third-order valence-electron chi connectivity index (χ3n) is 3.83. The molecule has 3 amide bonds. The Morgan fingerprint density at radius 1 is 0.966 bits per heavy atom. The summed E-state index contributed by atoms with van der Waals surface area (Å²) in [7, 11) is 0. The van der Waals surface area contributed by atoms with Crippen molar-refractivity contribution in [1.29, 1.82) is 0 Å². The summed E-state index contributed by atoms with van der Waals surface area (Å²) in [5.41, 5.74) is 0.849. The Morgan fingerprint density at radius 2 is 1.59 bits per heavy atom. The van der Waals surface area contributed by atoms with Gasteiger partial charge in [-0.25, -0.2) is 4.79 Å². The zero-order valence-electron chi connectivity index (χ0n) is 16.7. The lowest BCUT2D eigenvalue weighted by atomic mass is 10.1. The first kappa shape index (κ1) is 22.4. The van der Waals surface area contributed by atoms with Crippen molar-refractivity contribution in [1.82, 2.24) is 10.6 Å². The molecule has 0 radical (unpaired) electrons. The van der Waals surface area contributed by atoms with Crippen LogP contribution in [0.15, 0.2) is 54.6 Å². The number of benzene rings is 2. The highest BCUT2D eigenvalue weighted by molar-refractivity contribution is 6.30. The van der Waals surface area contributed by atoms with E-state index < -0.39 is 29.6 Å². The van der Waals surface area contributed by atoms with Crippen molar-refractivity contribution in [3.05, 3.63) is 70.7 Å². The van der Waals surface area contributed by atoms with Crippen LogP contribution in [-0.4, -0.2) is 29.6 Å². The van der Waals surface area contributed by atoms with E-state index in [1.807, 2.05) is 18.2 Å². The van der Waals surface area contributed by atoms with Gasteiger partial charge >= 0.3 is 6.09 Å². The second-order valence-corrected chi connectivity index (χ2v) is 8.04. The van der Waals surface area contributed by atoms with E-state index in [2.05, 4.69) is 10.6 Å². The number of rotatable bonds is 6. The van der Waals surface area contributed by atoms with Crippen LogP contribution in [0.3, 0.4) is 0 Å². The number of ether oxygens (including phenoxy) is 1. The Morgan fingerprint density at radius 3 is 2.17 bits per heavy atom. The minimum atomic E-state index is -0.981. The van der Waals surface area contributed by atoms with E-state index in [4.69, 9.17) is 16.3 Å². The van der Waals surface area contributed by atoms with Gasteiger partial charge in [-0.1, -0.05) is 54.1 Å². The summed E-state index contributed by atoms with van der Waals surface area (Å²) >= 11 is 5.90. The van der Waals surface area contributed by atoms with Gasteiger partial charge in [-0.3, -0.25) is 14.9 Å². The van der Waals surface area contributed by atoms with Crippen molar-refractivity contribution < 1.29 is 19.1 Å². The molecule has 0 fully saturated rings. The monoisotopic (exact) mass is 416 g/mol. The van der Waals surface area contributed by atoms with Crippen LogP contribution in [0.25, 0.3) is 0 Å². The van der Waals surface area contributed by atoms with Crippen molar-refractivity contribution >= 4 is 29.5 Å². The van der Waals surface area contributed by atoms with Gasteiger partial charge in [0.05, 0.1) is 6.42 Å². The summed E-state index contributed by atoms with van der Waals surface area (Å²) in [6, 6.07) is 15.0. The molecule has 2 rings (SSSR count). The summed E-state index contributed by atoms with van der Waals surface area (Å²) in [6.45, 7) is 5.18. The fraction of sp³-hybridized carbons (Fsp3) is 0.318. The zero-order chi connectivity index (χ0) is 21.4. The molecule has 7 heteroatoms. The van der Waals surface area contributed by atoms with E-state index in [0.717, 1.165) is 11.1 Å². The quantitative estimate of drug-likeness (QED) is 0.752. The van der Waals surface area contributed by atoms with Gasteiger partial charge in [0.25, 0.3) is 0 Å². The topological polar surface area (TPSA) is 84.5 Å². The second kappa shape index (κ2) is 10.1. The van der Waals surface area contributed by atoms with Gasteiger partial charge in [0.2, 0.25) is 11.8 Å². The molecule has 0 saturated carbocycles. The zero-order valence-corrected chi connectivity index (χ0v) is 17.5. The number of carbonyl (C=O) groups excluding carboxylic acids is 3.